The van der Waals surface area contributed by atoms with Gasteiger partial charge in [-0.25, -0.2) is 4.98 Å². The minimum Gasteiger partial charge on any atom is -0.379 e. The fourth-order valence-electron chi connectivity index (χ4n) is 2.60. The number of aryl methyl sites for hydroxylation is 1. The Hall–Kier alpha value is -1.37. The van der Waals surface area contributed by atoms with E-state index in [-0.39, 0.29) is 5.91 Å². The van der Waals surface area contributed by atoms with Crippen molar-refractivity contribution in [3.63, 3.8) is 0 Å². The van der Waals surface area contributed by atoms with Gasteiger partial charge in [-0.05, 0) is 19.1 Å². The van der Waals surface area contributed by atoms with Gasteiger partial charge < -0.3 is 10.4 Å². The molecular weight excluding hydrogens is 328 g/mol. The highest BCUT2D eigenvalue weighted by Gasteiger charge is 2.39. The van der Waals surface area contributed by atoms with Gasteiger partial charge in [0.05, 0.1) is 10.7 Å². The Morgan fingerprint density at radius 3 is 2.87 bits per heavy atom. The lowest BCUT2D eigenvalue weighted by Gasteiger charge is -2.19. The van der Waals surface area contributed by atoms with E-state index in [1.54, 1.807) is 23.1 Å². The molecule has 2 aromatic rings. The molecule has 122 valence electrons. The molecule has 1 aromatic heterocycles. The maximum atomic E-state index is 12.1. The van der Waals surface area contributed by atoms with Gasteiger partial charge in [0.2, 0.25) is 0 Å². The number of benzene rings is 1. The molecular formula is C17H20N2O2S2. The molecule has 1 amide bonds. The first kappa shape index (κ1) is 16.5. The van der Waals surface area contributed by atoms with Crippen molar-refractivity contribution in [1.29, 1.82) is 0 Å². The second-order valence-electron chi connectivity index (χ2n) is 5.72. The van der Waals surface area contributed by atoms with Crippen molar-refractivity contribution in [3.05, 3.63) is 40.2 Å². The minimum absolute atomic E-state index is 0.251. The average Bonchev–Trinajstić information content (AvgIpc) is 3.15. The van der Waals surface area contributed by atoms with Crippen molar-refractivity contribution in [2.45, 2.75) is 25.4 Å². The number of aliphatic hydroxyl groups is 1. The van der Waals surface area contributed by atoms with E-state index in [2.05, 4.69) is 24.4 Å². The molecule has 1 aromatic carbocycles. The summed E-state index contributed by atoms with van der Waals surface area (Å²) in [7, 11) is 0. The number of rotatable bonds is 5. The molecule has 1 aliphatic rings. The van der Waals surface area contributed by atoms with E-state index in [1.165, 1.54) is 4.88 Å². The Morgan fingerprint density at radius 2 is 2.17 bits per heavy atom. The Kier molecular flexibility index (Phi) is 5.04. The molecule has 0 spiro atoms. The van der Waals surface area contributed by atoms with Crippen LogP contribution >= 0.6 is 23.1 Å². The summed E-state index contributed by atoms with van der Waals surface area (Å²) >= 11 is 3.28. The van der Waals surface area contributed by atoms with Gasteiger partial charge >= 0.3 is 0 Å². The Balaban J connectivity index is 1.58. The molecule has 23 heavy (non-hydrogen) atoms. The van der Waals surface area contributed by atoms with Crippen molar-refractivity contribution in [2.75, 3.05) is 18.1 Å². The lowest BCUT2D eigenvalue weighted by atomic mass is 10.0. The number of aromatic nitrogens is 1. The molecule has 0 bridgehead atoms. The molecule has 1 fully saturated rings. The molecule has 0 aliphatic carbocycles. The number of nitrogens with zero attached hydrogens (tertiary/aromatic N) is 1. The van der Waals surface area contributed by atoms with Crippen molar-refractivity contribution < 1.29 is 9.90 Å². The highest BCUT2D eigenvalue weighted by atomic mass is 32.2. The van der Waals surface area contributed by atoms with Gasteiger partial charge in [-0.15, -0.1) is 11.3 Å². The highest BCUT2D eigenvalue weighted by molar-refractivity contribution is 7.99. The predicted molar refractivity (Wildman–Crippen MR) is 95.9 cm³/mol. The van der Waals surface area contributed by atoms with E-state index in [9.17, 15) is 9.90 Å². The van der Waals surface area contributed by atoms with Gasteiger partial charge in [0, 0.05) is 29.2 Å². The molecule has 0 radical (unpaired) electrons. The third-order valence-electron chi connectivity index (χ3n) is 3.94. The van der Waals surface area contributed by atoms with E-state index in [4.69, 9.17) is 4.98 Å². The van der Waals surface area contributed by atoms with Crippen molar-refractivity contribution in [1.82, 2.24) is 10.3 Å². The van der Waals surface area contributed by atoms with Gasteiger partial charge in [0.1, 0.15) is 0 Å². The zero-order chi connectivity index (χ0) is 16.3. The van der Waals surface area contributed by atoms with E-state index in [0.29, 0.717) is 25.1 Å². The highest BCUT2D eigenvalue weighted by Crippen LogP contribution is 2.29. The van der Waals surface area contributed by atoms with E-state index >= 15 is 0 Å². The van der Waals surface area contributed by atoms with Crippen LogP contribution in [0.5, 0.6) is 0 Å². The van der Waals surface area contributed by atoms with Crippen LogP contribution in [0.4, 0.5) is 0 Å². The summed E-state index contributed by atoms with van der Waals surface area (Å²) in [5.74, 6) is 1.09. The van der Waals surface area contributed by atoms with Gasteiger partial charge in [0.25, 0.3) is 5.91 Å². The molecule has 1 aliphatic heterocycles. The van der Waals surface area contributed by atoms with Crippen LogP contribution < -0.4 is 5.32 Å². The SMILES string of the molecule is Cc1sc(CCNC(=O)C2(O)CCSC2)nc1-c1ccccc1. The number of carbonyl (C=O) groups excluding carboxylic acids is 1. The largest absolute Gasteiger partial charge is 0.379 e. The molecule has 4 nitrogen and oxygen atoms in total. The monoisotopic (exact) mass is 348 g/mol. The summed E-state index contributed by atoms with van der Waals surface area (Å²) in [6.07, 6.45) is 1.23. The van der Waals surface area contributed by atoms with Crippen LogP contribution in [-0.4, -0.2) is 39.6 Å². The molecule has 1 saturated heterocycles. The summed E-state index contributed by atoms with van der Waals surface area (Å²) in [4.78, 5) is 17.9. The van der Waals surface area contributed by atoms with Gasteiger partial charge in [-0.2, -0.15) is 11.8 Å². The minimum atomic E-state index is -1.18. The zero-order valence-electron chi connectivity index (χ0n) is 13.0. The summed E-state index contributed by atoms with van der Waals surface area (Å²) < 4.78 is 0. The standard InChI is InChI=1S/C17H20N2O2S2/c1-12-15(13-5-3-2-4-6-13)19-14(23-12)7-9-18-16(20)17(21)8-10-22-11-17/h2-6,21H,7-11H2,1H3,(H,18,20). The number of amides is 1. The van der Waals surface area contributed by atoms with Crippen LogP contribution in [0.3, 0.4) is 0 Å². The predicted octanol–water partition coefficient (Wildman–Crippen LogP) is 2.65. The molecule has 6 heteroatoms. The zero-order valence-corrected chi connectivity index (χ0v) is 14.7. The first-order valence-corrected chi connectivity index (χ1v) is 9.66. The fraction of sp³-hybridized carbons (Fsp3) is 0.412. The van der Waals surface area contributed by atoms with Gasteiger partial charge in [0.15, 0.2) is 5.60 Å². The summed E-state index contributed by atoms with van der Waals surface area (Å²) in [5, 5.41) is 14.1. The number of nitrogens with one attached hydrogen (secondary N) is 1. The lowest BCUT2D eigenvalue weighted by Crippen LogP contribution is -2.47. The van der Waals surface area contributed by atoms with E-state index in [0.717, 1.165) is 22.0 Å². The van der Waals surface area contributed by atoms with E-state index in [1.807, 2.05) is 18.2 Å². The maximum Gasteiger partial charge on any atom is 0.252 e. The Morgan fingerprint density at radius 1 is 1.39 bits per heavy atom. The van der Waals surface area contributed by atoms with Crippen LogP contribution in [0.1, 0.15) is 16.3 Å². The fourth-order valence-corrected chi connectivity index (χ4v) is 4.80. The van der Waals surface area contributed by atoms with Gasteiger partial charge in [-0.3, -0.25) is 4.79 Å². The molecule has 2 N–H and O–H groups in total. The van der Waals surface area contributed by atoms with Crippen LogP contribution in [0, 0.1) is 6.92 Å². The summed E-state index contributed by atoms with van der Waals surface area (Å²) in [6.45, 7) is 2.58. The van der Waals surface area contributed by atoms with Crippen LogP contribution in [-0.2, 0) is 11.2 Å². The number of hydrogen-bond acceptors (Lipinski definition) is 5. The molecule has 1 atom stereocenters. The second kappa shape index (κ2) is 7.03. The molecule has 2 heterocycles. The van der Waals surface area contributed by atoms with Crippen molar-refractivity contribution in [2.24, 2.45) is 0 Å². The third kappa shape index (κ3) is 3.76. The van der Waals surface area contributed by atoms with Crippen molar-refractivity contribution >= 4 is 29.0 Å². The molecule has 1 unspecified atom stereocenters. The first-order valence-electron chi connectivity index (χ1n) is 7.69. The van der Waals surface area contributed by atoms with Crippen molar-refractivity contribution in [3.8, 4) is 11.3 Å². The summed E-state index contributed by atoms with van der Waals surface area (Å²) in [6, 6.07) is 10.1. The lowest BCUT2D eigenvalue weighted by molar-refractivity contribution is -0.137. The summed E-state index contributed by atoms with van der Waals surface area (Å²) in [5.41, 5.74) is 0.954. The topological polar surface area (TPSA) is 62.2 Å². The molecule has 3 rings (SSSR count). The third-order valence-corrected chi connectivity index (χ3v) is 6.14. The smallest absolute Gasteiger partial charge is 0.252 e. The average molecular weight is 348 g/mol. The Bertz CT molecular complexity index is 679. The molecule has 0 saturated carbocycles. The second-order valence-corrected chi connectivity index (χ2v) is 8.11. The Labute approximate surface area is 144 Å². The van der Waals surface area contributed by atoms with E-state index < -0.39 is 5.60 Å². The normalized spacial score (nSPS) is 20.6. The maximum absolute atomic E-state index is 12.1. The van der Waals surface area contributed by atoms with Crippen LogP contribution in [0.25, 0.3) is 11.3 Å². The number of thiazole rings is 1. The quantitative estimate of drug-likeness (QED) is 0.872. The van der Waals surface area contributed by atoms with Crippen LogP contribution in [0.2, 0.25) is 0 Å². The number of carbonyl (C=O) groups is 1. The number of hydrogen-bond donors (Lipinski definition) is 2. The van der Waals surface area contributed by atoms with Crippen LogP contribution in [0.15, 0.2) is 30.3 Å². The first-order chi connectivity index (χ1) is 11.1. The number of thioether (sulfide) groups is 1. The van der Waals surface area contributed by atoms with Gasteiger partial charge in [-0.1, -0.05) is 30.3 Å².